The Morgan fingerprint density at radius 1 is 1.42 bits per heavy atom. The van der Waals surface area contributed by atoms with Crippen LogP contribution in [-0.2, 0) is 14.4 Å². The first-order valence-electron chi connectivity index (χ1n) is 7.37. The van der Waals surface area contributed by atoms with Crippen LogP contribution in [-0.4, -0.2) is 40.3 Å². The fourth-order valence-electron chi connectivity index (χ4n) is 2.22. The van der Waals surface area contributed by atoms with Gasteiger partial charge in [0.25, 0.3) is 0 Å². The van der Waals surface area contributed by atoms with E-state index < -0.39 is 17.8 Å². The Morgan fingerprint density at radius 3 is 2.83 bits per heavy atom. The molecule has 6 nitrogen and oxygen atoms in total. The quantitative estimate of drug-likeness (QED) is 0.797. The van der Waals surface area contributed by atoms with Gasteiger partial charge in [-0.25, -0.2) is 4.39 Å². The molecule has 1 atom stereocenters. The van der Waals surface area contributed by atoms with Gasteiger partial charge in [-0.15, -0.1) is 11.8 Å². The van der Waals surface area contributed by atoms with Crippen molar-refractivity contribution in [3.63, 3.8) is 0 Å². The molecule has 2 rings (SSSR count). The highest BCUT2D eigenvalue weighted by Gasteiger charge is 2.33. The second-order valence-corrected chi connectivity index (χ2v) is 6.11. The van der Waals surface area contributed by atoms with Crippen LogP contribution < -0.4 is 10.6 Å². The zero-order valence-electron chi connectivity index (χ0n) is 13.2. The molecule has 8 heteroatoms. The minimum absolute atomic E-state index is 0.0556. The van der Waals surface area contributed by atoms with Gasteiger partial charge < -0.3 is 15.5 Å². The van der Waals surface area contributed by atoms with Crippen molar-refractivity contribution in [3.05, 3.63) is 36.7 Å². The highest BCUT2D eigenvalue weighted by Crippen LogP contribution is 2.24. The lowest BCUT2D eigenvalue weighted by Gasteiger charge is -2.22. The third-order valence-corrected chi connectivity index (χ3v) is 4.50. The Labute approximate surface area is 143 Å². The third kappa shape index (κ3) is 4.14. The van der Waals surface area contributed by atoms with E-state index in [1.165, 1.54) is 28.8 Å². The van der Waals surface area contributed by atoms with Crippen LogP contribution in [0.4, 0.5) is 15.8 Å². The number of rotatable bonds is 5. The summed E-state index contributed by atoms with van der Waals surface area (Å²) in [6.07, 6.45) is 1.35. The maximum atomic E-state index is 13.7. The van der Waals surface area contributed by atoms with Gasteiger partial charge in [0, 0.05) is 17.9 Å². The second-order valence-electron chi connectivity index (χ2n) is 5.11. The molecule has 2 N–H and O–H groups in total. The summed E-state index contributed by atoms with van der Waals surface area (Å²) in [7, 11) is 0. The molecule has 0 unspecified atom stereocenters. The van der Waals surface area contributed by atoms with Crippen LogP contribution in [0, 0.1) is 5.82 Å². The van der Waals surface area contributed by atoms with Crippen molar-refractivity contribution < 1.29 is 18.8 Å². The Kier molecular flexibility index (Phi) is 5.97. The van der Waals surface area contributed by atoms with Crippen molar-refractivity contribution in [2.24, 2.45) is 0 Å². The predicted molar refractivity (Wildman–Crippen MR) is 92.1 cm³/mol. The lowest BCUT2D eigenvalue weighted by Crippen LogP contribution is -2.44. The smallest absolute Gasteiger partial charge is 0.248 e. The Balaban J connectivity index is 2.11. The number of nitrogens with one attached hydrogen (secondary N) is 2. The van der Waals surface area contributed by atoms with Gasteiger partial charge in [0.05, 0.1) is 11.6 Å². The molecule has 1 saturated heterocycles. The van der Waals surface area contributed by atoms with Crippen LogP contribution in [0.15, 0.2) is 30.9 Å². The number of anilines is 2. The number of nitrogens with zero attached hydrogens (tertiary/aromatic N) is 1. The van der Waals surface area contributed by atoms with Crippen LogP contribution in [0.1, 0.15) is 13.3 Å². The molecule has 128 valence electrons. The fourth-order valence-corrected chi connectivity index (χ4v) is 3.40. The SMILES string of the molecule is C=CC(=O)Nc1cc(NC(=O)[C@@H]2CSCN2C(=O)CC)ccc1F. The van der Waals surface area contributed by atoms with Gasteiger partial charge in [-0.2, -0.15) is 0 Å². The zero-order chi connectivity index (χ0) is 17.7. The number of hydrogen-bond acceptors (Lipinski definition) is 4. The van der Waals surface area contributed by atoms with Gasteiger partial charge >= 0.3 is 0 Å². The molecule has 1 aromatic rings. The topological polar surface area (TPSA) is 78.5 Å². The molecule has 0 bridgehead atoms. The van der Waals surface area contributed by atoms with Crippen molar-refractivity contribution >= 4 is 40.9 Å². The van der Waals surface area contributed by atoms with Gasteiger partial charge in [-0.1, -0.05) is 13.5 Å². The average Bonchev–Trinajstić information content (AvgIpc) is 3.06. The lowest BCUT2D eigenvalue weighted by molar-refractivity contribution is -0.135. The highest BCUT2D eigenvalue weighted by atomic mass is 32.2. The first-order valence-corrected chi connectivity index (χ1v) is 8.52. The maximum absolute atomic E-state index is 13.7. The molecule has 0 saturated carbocycles. The molecule has 1 aliphatic rings. The first-order chi connectivity index (χ1) is 11.5. The minimum atomic E-state index is -0.623. The number of carbonyl (C=O) groups excluding carboxylic acids is 3. The summed E-state index contributed by atoms with van der Waals surface area (Å²) in [4.78, 5) is 37.1. The summed E-state index contributed by atoms with van der Waals surface area (Å²) >= 11 is 1.51. The van der Waals surface area contributed by atoms with Crippen molar-refractivity contribution in [2.75, 3.05) is 22.3 Å². The maximum Gasteiger partial charge on any atom is 0.248 e. The molecule has 1 aliphatic heterocycles. The van der Waals surface area contributed by atoms with Gasteiger partial charge in [-0.05, 0) is 24.3 Å². The molecule has 3 amide bonds. The Hall–Kier alpha value is -2.35. The molecule has 0 aromatic heterocycles. The molecular weight excluding hydrogens is 333 g/mol. The van der Waals surface area contributed by atoms with Crippen LogP contribution >= 0.6 is 11.8 Å². The summed E-state index contributed by atoms with van der Waals surface area (Å²) in [6, 6.07) is 3.30. The van der Waals surface area contributed by atoms with Crippen LogP contribution in [0.3, 0.4) is 0 Å². The van der Waals surface area contributed by atoms with E-state index in [0.717, 1.165) is 12.1 Å². The number of carbonyl (C=O) groups is 3. The van der Waals surface area contributed by atoms with Crippen LogP contribution in [0.2, 0.25) is 0 Å². The van der Waals surface area contributed by atoms with E-state index in [-0.39, 0.29) is 17.5 Å². The Morgan fingerprint density at radius 2 is 2.17 bits per heavy atom. The summed E-state index contributed by atoms with van der Waals surface area (Å²) in [6.45, 7) is 5.04. The molecule has 0 radical (unpaired) electrons. The summed E-state index contributed by atoms with van der Waals surface area (Å²) in [5.41, 5.74) is 0.279. The van der Waals surface area contributed by atoms with E-state index in [1.807, 2.05) is 0 Å². The molecule has 1 heterocycles. The molecule has 0 aliphatic carbocycles. The van der Waals surface area contributed by atoms with Crippen molar-refractivity contribution in [1.82, 2.24) is 4.90 Å². The summed E-state index contributed by atoms with van der Waals surface area (Å²) in [5.74, 6) is -0.604. The molecular formula is C16H18FN3O3S. The third-order valence-electron chi connectivity index (χ3n) is 3.48. The first kappa shape index (κ1) is 18.0. The van der Waals surface area contributed by atoms with E-state index in [0.29, 0.717) is 23.7 Å². The number of hydrogen-bond donors (Lipinski definition) is 2. The normalized spacial score (nSPS) is 16.6. The van der Waals surface area contributed by atoms with E-state index in [9.17, 15) is 18.8 Å². The van der Waals surface area contributed by atoms with Gasteiger partial charge in [-0.3, -0.25) is 14.4 Å². The highest BCUT2D eigenvalue weighted by molar-refractivity contribution is 7.99. The van der Waals surface area contributed by atoms with Crippen molar-refractivity contribution in [1.29, 1.82) is 0 Å². The summed E-state index contributed by atoms with van der Waals surface area (Å²) in [5, 5.41) is 4.99. The van der Waals surface area contributed by atoms with Gasteiger partial charge in [0.2, 0.25) is 17.7 Å². The van der Waals surface area contributed by atoms with E-state index in [1.54, 1.807) is 6.92 Å². The molecule has 0 spiro atoms. The van der Waals surface area contributed by atoms with E-state index in [4.69, 9.17) is 0 Å². The standard InChI is InChI=1S/C16H18FN3O3S/c1-3-14(21)19-12-7-10(5-6-11(12)17)18-16(23)13-8-24-9-20(13)15(22)4-2/h3,5-7,13H,1,4,8-9H2,2H3,(H,18,23)(H,19,21)/t13-/m0/s1. The monoisotopic (exact) mass is 351 g/mol. The number of halogens is 1. The number of benzene rings is 1. The fraction of sp³-hybridized carbons (Fsp3) is 0.312. The second kappa shape index (κ2) is 7.96. The largest absolute Gasteiger partial charge is 0.324 e. The van der Waals surface area contributed by atoms with Gasteiger partial charge in [0.1, 0.15) is 11.9 Å². The van der Waals surface area contributed by atoms with Crippen LogP contribution in [0.25, 0.3) is 0 Å². The van der Waals surface area contributed by atoms with Crippen LogP contribution in [0.5, 0.6) is 0 Å². The minimum Gasteiger partial charge on any atom is -0.324 e. The molecule has 24 heavy (non-hydrogen) atoms. The van der Waals surface area contributed by atoms with E-state index in [2.05, 4.69) is 17.2 Å². The van der Waals surface area contributed by atoms with Crippen molar-refractivity contribution in [2.45, 2.75) is 19.4 Å². The molecule has 1 aromatic carbocycles. The summed E-state index contributed by atoms with van der Waals surface area (Å²) < 4.78 is 13.7. The number of thioether (sulfide) groups is 1. The predicted octanol–water partition coefficient (Wildman–Crippen LogP) is 2.20. The van der Waals surface area contributed by atoms with E-state index >= 15 is 0 Å². The van der Waals surface area contributed by atoms with Crippen molar-refractivity contribution in [3.8, 4) is 0 Å². The average molecular weight is 351 g/mol. The Bertz CT molecular complexity index is 681. The molecule has 1 fully saturated rings. The lowest BCUT2D eigenvalue weighted by atomic mass is 10.2. The number of amides is 3. The zero-order valence-corrected chi connectivity index (χ0v) is 14.0. The van der Waals surface area contributed by atoms with Gasteiger partial charge in [0.15, 0.2) is 0 Å².